The number of carbonyl (C=O) groups is 1. The van der Waals surface area contributed by atoms with Crippen LogP contribution in [0.15, 0.2) is 0 Å². The van der Waals surface area contributed by atoms with E-state index in [0.717, 1.165) is 6.42 Å². The maximum absolute atomic E-state index is 11.4. The first-order chi connectivity index (χ1) is 5.83. The Balaban J connectivity index is 2.17. The Kier molecular flexibility index (Phi) is 1.92. The Bertz CT molecular complexity index is 236. The number of rotatable bonds is 0. The standard InChI is InChI=1S/C11H14O/c1-2-9-10-6-4-3-5-8(10)7-11(9)12/h1,8-10H,3-7H2/t8-,9?,10+/m0/s1. The highest BCUT2D eigenvalue weighted by molar-refractivity contribution is 5.86. The van der Waals surface area contributed by atoms with Crippen LogP contribution in [-0.2, 0) is 4.79 Å². The molecule has 2 rings (SSSR count). The van der Waals surface area contributed by atoms with E-state index in [1.807, 2.05) is 0 Å². The molecule has 2 aliphatic carbocycles. The maximum Gasteiger partial charge on any atom is 0.148 e. The summed E-state index contributed by atoms with van der Waals surface area (Å²) in [5.74, 6) is 4.13. The van der Waals surface area contributed by atoms with E-state index in [4.69, 9.17) is 6.42 Å². The Labute approximate surface area is 73.5 Å². The summed E-state index contributed by atoms with van der Waals surface area (Å²) in [6.07, 6.45) is 11.1. The third kappa shape index (κ3) is 1.06. The molecule has 0 aliphatic heterocycles. The van der Waals surface area contributed by atoms with Crippen LogP contribution < -0.4 is 0 Å². The van der Waals surface area contributed by atoms with Gasteiger partial charge in [0.1, 0.15) is 5.78 Å². The highest BCUT2D eigenvalue weighted by atomic mass is 16.1. The lowest BCUT2D eigenvalue weighted by molar-refractivity contribution is -0.119. The predicted molar refractivity (Wildman–Crippen MR) is 47.4 cm³/mol. The fraction of sp³-hybridized carbons (Fsp3) is 0.727. The van der Waals surface area contributed by atoms with Crippen molar-refractivity contribution in [2.45, 2.75) is 32.1 Å². The van der Waals surface area contributed by atoms with E-state index in [9.17, 15) is 4.79 Å². The lowest BCUT2D eigenvalue weighted by Gasteiger charge is -2.25. The monoisotopic (exact) mass is 162 g/mol. The molecule has 0 N–H and O–H groups in total. The minimum Gasteiger partial charge on any atom is -0.298 e. The number of terminal acetylenes is 1. The molecular formula is C11H14O. The first kappa shape index (κ1) is 7.86. The lowest BCUT2D eigenvalue weighted by Crippen LogP contribution is -2.19. The van der Waals surface area contributed by atoms with E-state index in [1.165, 1.54) is 25.7 Å². The highest BCUT2D eigenvalue weighted by Gasteiger charge is 2.41. The summed E-state index contributed by atoms with van der Waals surface area (Å²) in [7, 11) is 0. The Morgan fingerprint density at radius 1 is 1.33 bits per heavy atom. The van der Waals surface area contributed by atoms with Gasteiger partial charge < -0.3 is 0 Å². The van der Waals surface area contributed by atoms with Gasteiger partial charge >= 0.3 is 0 Å². The Morgan fingerprint density at radius 2 is 2.08 bits per heavy atom. The van der Waals surface area contributed by atoms with E-state index in [2.05, 4.69) is 5.92 Å². The zero-order valence-electron chi connectivity index (χ0n) is 7.25. The lowest BCUT2D eigenvalue weighted by atomic mass is 9.78. The molecule has 0 aromatic carbocycles. The normalized spacial score (nSPS) is 40.6. The van der Waals surface area contributed by atoms with Crippen LogP contribution in [0.3, 0.4) is 0 Å². The first-order valence-electron chi connectivity index (χ1n) is 4.82. The molecule has 2 saturated carbocycles. The summed E-state index contributed by atoms with van der Waals surface area (Å²) >= 11 is 0. The van der Waals surface area contributed by atoms with Crippen molar-refractivity contribution in [1.29, 1.82) is 0 Å². The molecule has 2 aliphatic rings. The molecule has 0 amide bonds. The number of ketones is 1. The Morgan fingerprint density at radius 3 is 2.83 bits per heavy atom. The average Bonchev–Trinajstić information content (AvgIpc) is 2.40. The van der Waals surface area contributed by atoms with Crippen molar-refractivity contribution in [3.05, 3.63) is 0 Å². The summed E-state index contributed by atoms with van der Waals surface area (Å²) in [6.45, 7) is 0. The Hall–Kier alpha value is -0.770. The van der Waals surface area contributed by atoms with Crippen LogP contribution in [0.25, 0.3) is 0 Å². The van der Waals surface area contributed by atoms with E-state index >= 15 is 0 Å². The van der Waals surface area contributed by atoms with E-state index in [0.29, 0.717) is 17.6 Å². The molecule has 0 aromatic rings. The molecule has 1 heteroatoms. The molecule has 64 valence electrons. The third-order valence-corrected chi connectivity index (χ3v) is 3.39. The van der Waals surface area contributed by atoms with Crippen molar-refractivity contribution >= 4 is 5.78 Å². The van der Waals surface area contributed by atoms with Gasteiger partial charge in [0.15, 0.2) is 0 Å². The maximum atomic E-state index is 11.4. The van der Waals surface area contributed by atoms with Gasteiger partial charge in [0.05, 0.1) is 5.92 Å². The van der Waals surface area contributed by atoms with Crippen molar-refractivity contribution in [2.75, 3.05) is 0 Å². The fourth-order valence-electron chi connectivity index (χ4n) is 2.77. The summed E-state index contributed by atoms with van der Waals surface area (Å²) in [5, 5.41) is 0. The number of Topliss-reactive ketones (excluding diaryl/α,β-unsaturated/α-hetero) is 1. The van der Waals surface area contributed by atoms with Crippen LogP contribution in [0, 0.1) is 30.1 Å². The third-order valence-electron chi connectivity index (χ3n) is 3.39. The van der Waals surface area contributed by atoms with Gasteiger partial charge in [-0.25, -0.2) is 0 Å². The van der Waals surface area contributed by atoms with Crippen molar-refractivity contribution in [2.24, 2.45) is 17.8 Å². The van der Waals surface area contributed by atoms with Gasteiger partial charge in [-0.1, -0.05) is 18.8 Å². The highest BCUT2D eigenvalue weighted by Crippen LogP contribution is 2.43. The number of carbonyl (C=O) groups excluding carboxylic acids is 1. The summed E-state index contributed by atoms with van der Waals surface area (Å²) in [6, 6.07) is 0. The van der Waals surface area contributed by atoms with Crippen LogP contribution in [0.1, 0.15) is 32.1 Å². The molecule has 0 spiro atoms. The molecule has 0 aromatic heterocycles. The second-order valence-electron chi connectivity index (χ2n) is 4.02. The van der Waals surface area contributed by atoms with Gasteiger partial charge in [-0.05, 0) is 24.7 Å². The molecule has 0 heterocycles. The smallest absolute Gasteiger partial charge is 0.148 e. The van der Waals surface area contributed by atoms with Crippen molar-refractivity contribution in [3.8, 4) is 12.3 Å². The quantitative estimate of drug-likeness (QED) is 0.498. The molecule has 1 unspecified atom stereocenters. The summed E-state index contributed by atoms with van der Waals surface area (Å²) in [4.78, 5) is 11.4. The van der Waals surface area contributed by atoms with Crippen LogP contribution in [0.5, 0.6) is 0 Å². The van der Waals surface area contributed by atoms with E-state index < -0.39 is 0 Å². The van der Waals surface area contributed by atoms with Crippen LogP contribution in [-0.4, -0.2) is 5.78 Å². The van der Waals surface area contributed by atoms with E-state index in [-0.39, 0.29) is 5.92 Å². The fourth-order valence-corrected chi connectivity index (χ4v) is 2.77. The van der Waals surface area contributed by atoms with Crippen molar-refractivity contribution in [1.82, 2.24) is 0 Å². The minimum absolute atomic E-state index is 0.0321. The summed E-state index contributed by atoms with van der Waals surface area (Å²) < 4.78 is 0. The predicted octanol–water partition coefficient (Wildman–Crippen LogP) is 2.02. The molecule has 0 radical (unpaired) electrons. The average molecular weight is 162 g/mol. The largest absolute Gasteiger partial charge is 0.298 e. The number of hydrogen-bond acceptors (Lipinski definition) is 1. The minimum atomic E-state index is -0.0321. The molecule has 2 fully saturated rings. The second-order valence-corrected chi connectivity index (χ2v) is 4.02. The number of fused-ring (bicyclic) bond motifs is 1. The van der Waals surface area contributed by atoms with Gasteiger partial charge in [0, 0.05) is 6.42 Å². The second kappa shape index (κ2) is 2.94. The molecule has 0 saturated heterocycles. The zero-order chi connectivity index (χ0) is 8.55. The number of hydrogen-bond donors (Lipinski definition) is 0. The van der Waals surface area contributed by atoms with Gasteiger partial charge in [0.2, 0.25) is 0 Å². The van der Waals surface area contributed by atoms with Crippen molar-refractivity contribution in [3.63, 3.8) is 0 Å². The van der Waals surface area contributed by atoms with Crippen LogP contribution >= 0.6 is 0 Å². The molecule has 12 heavy (non-hydrogen) atoms. The molecule has 0 bridgehead atoms. The molecule has 3 atom stereocenters. The molecule has 1 nitrogen and oxygen atoms in total. The van der Waals surface area contributed by atoms with Gasteiger partial charge in [-0.2, -0.15) is 0 Å². The first-order valence-corrected chi connectivity index (χ1v) is 4.82. The molecular weight excluding hydrogens is 148 g/mol. The van der Waals surface area contributed by atoms with Gasteiger partial charge in [0.25, 0.3) is 0 Å². The SMILES string of the molecule is C#CC1C(=O)C[C@@H]2CCCC[C@@H]12. The van der Waals surface area contributed by atoms with Crippen LogP contribution in [0.2, 0.25) is 0 Å². The topological polar surface area (TPSA) is 17.1 Å². The van der Waals surface area contributed by atoms with Crippen LogP contribution in [0.4, 0.5) is 0 Å². The van der Waals surface area contributed by atoms with E-state index in [1.54, 1.807) is 0 Å². The zero-order valence-corrected chi connectivity index (χ0v) is 7.25. The van der Waals surface area contributed by atoms with Crippen molar-refractivity contribution < 1.29 is 4.79 Å². The summed E-state index contributed by atoms with van der Waals surface area (Å²) in [5.41, 5.74) is 0. The van der Waals surface area contributed by atoms with Gasteiger partial charge in [-0.3, -0.25) is 4.79 Å². The van der Waals surface area contributed by atoms with Gasteiger partial charge in [-0.15, -0.1) is 6.42 Å².